The number of amides is 2. The van der Waals surface area contributed by atoms with E-state index in [1.165, 1.54) is 0 Å². The summed E-state index contributed by atoms with van der Waals surface area (Å²) in [6.45, 7) is 7.85. The molecule has 0 atom stereocenters. The highest BCUT2D eigenvalue weighted by atomic mass is 35.5. The van der Waals surface area contributed by atoms with Crippen LogP contribution in [-0.4, -0.2) is 18.4 Å². The molecule has 22 heavy (non-hydrogen) atoms. The third-order valence-electron chi connectivity index (χ3n) is 3.32. The summed E-state index contributed by atoms with van der Waals surface area (Å²) in [5, 5.41) is 6.27. The van der Waals surface area contributed by atoms with Crippen LogP contribution in [0.1, 0.15) is 34.1 Å². The largest absolute Gasteiger partial charge is 0.355 e. The summed E-state index contributed by atoms with van der Waals surface area (Å²) in [6, 6.07) is 4.77. The van der Waals surface area contributed by atoms with Crippen molar-refractivity contribution in [2.24, 2.45) is 11.3 Å². The minimum absolute atomic E-state index is 0.316. The predicted octanol–water partition coefficient (Wildman–Crippen LogP) is 4.12. The standard InChI is InChI=1S/C16H22Cl2N2O2/c1-10(2)7-8-19-14(21)16(3,4)15(22)20-13-9-11(17)5-6-12(13)18/h5-6,9-10H,7-8H2,1-4H3,(H,19,21)(H,20,22). The maximum atomic E-state index is 12.4. The molecule has 0 bridgehead atoms. The van der Waals surface area contributed by atoms with E-state index in [-0.39, 0.29) is 5.91 Å². The molecule has 0 aromatic heterocycles. The van der Waals surface area contributed by atoms with Gasteiger partial charge in [0.2, 0.25) is 11.8 Å². The van der Waals surface area contributed by atoms with E-state index in [1.54, 1.807) is 32.0 Å². The highest BCUT2D eigenvalue weighted by molar-refractivity contribution is 6.35. The van der Waals surface area contributed by atoms with Gasteiger partial charge in [0, 0.05) is 11.6 Å². The Morgan fingerprint density at radius 1 is 1.18 bits per heavy atom. The van der Waals surface area contributed by atoms with Gasteiger partial charge in [-0.25, -0.2) is 0 Å². The van der Waals surface area contributed by atoms with Crippen molar-refractivity contribution < 1.29 is 9.59 Å². The second-order valence-corrected chi connectivity index (χ2v) is 6.99. The summed E-state index contributed by atoms with van der Waals surface area (Å²) >= 11 is 11.9. The SMILES string of the molecule is CC(C)CCNC(=O)C(C)(C)C(=O)Nc1cc(Cl)ccc1Cl. The lowest BCUT2D eigenvalue weighted by Gasteiger charge is -2.23. The van der Waals surface area contributed by atoms with Crippen LogP contribution in [-0.2, 0) is 9.59 Å². The summed E-state index contributed by atoms with van der Waals surface area (Å²) < 4.78 is 0. The molecule has 122 valence electrons. The Balaban J connectivity index is 2.73. The molecule has 2 amide bonds. The fraction of sp³-hybridized carbons (Fsp3) is 0.500. The number of nitrogens with one attached hydrogen (secondary N) is 2. The topological polar surface area (TPSA) is 58.2 Å². The van der Waals surface area contributed by atoms with Gasteiger partial charge in [-0.05, 0) is 44.4 Å². The van der Waals surface area contributed by atoms with Gasteiger partial charge in [-0.2, -0.15) is 0 Å². The molecule has 0 aliphatic carbocycles. The van der Waals surface area contributed by atoms with Crippen LogP contribution in [0.5, 0.6) is 0 Å². The van der Waals surface area contributed by atoms with Gasteiger partial charge in [0.05, 0.1) is 10.7 Å². The van der Waals surface area contributed by atoms with Crippen LogP contribution >= 0.6 is 23.2 Å². The van der Waals surface area contributed by atoms with E-state index >= 15 is 0 Å². The molecule has 6 heteroatoms. The number of anilines is 1. The quantitative estimate of drug-likeness (QED) is 0.762. The highest BCUT2D eigenvalue weighted by Gasteiger charge is 2.36. The van der Waals surface area contributed by atoms with Gasteiger partial charge in [-0.3, -0.25) is 9.59 Å². The van der Waals surface area contributed by atoms with Crippen LogP contribution in [0.4, 0.5) is 5.69 Å². The second-order valence-electron chi connectivity index (χ2n) is 6.14. The molecule has 0 unspecified atom stereocenters. The normalized spacial score (nSPS) is 11.4. The second kappa shape index (κ2) is 7.84. The van der Waals surface area contributed by atoms with Crippen LogP contribution in [0.15, 0.2) is 18.2 Å². The lowest BCUT2D eigenvalue weighted by atomic mass is 9.90. The van der Waals surface area contributed by atoms with Gasteiger partial charge in [0.15, 0.2) is 0 Å². The average Bonchev–Trinajstić information content (AvgIpc) is 2.42. The van der Waals surface area contributed by atoms with Gasteiger partial charge < -0.3 is 10.6 Å². The smallest absolute Gasteiger partial charge is 0.239 e. The number of benzene rings is 1. The molecule has 0 aliphatic heterocycles. The lowest BCUT2D eigenvalue weighted by molar-refractivity contribution is -0.138. The van der Waals surface area contributed by atoms with E-state index in [0.717, 1.165) is 6.42 Å². The first-order valence-electron chi connectivity index (χ1n) is 7.19. The summed E-state index contributed by atoms with van der Waals surface area (Å²) in [4.78, 5) is 24.6. The fourth-order valence-corrected chi connectivity index (χ4v) is 2.01. The van der Waals surface area contributed by atoms with Crippen LogP contribution < -0.4 is 10.6 Å². The molecule has 4 nitrogen and oxygen atoms in total. The number of hydrogen-bond acceptors (Lipinski definition) is 2. The van der Waals surface area contributed by atoms with Crippen molar-refractivity contribution in [2.45, 2.75) is 34.1 Å². The average molecular weight is 345 g/mol. The summed E-state index contributed by atoms with van der Waals surface area (Å²) in [5.74, 6) is -0.259. The van der Waals surface area contributed by atoms with E-state index in [2.05, 4.69) is 24.5 Å². The Hall–Kier alpha value is -1.26. The number of carbonyl (C=O) groups is 2. The van der Waals surface area contributed by atoms with Gasteiger partial charge in [0.1, 0.15) is 5.41 Å². The van der Waals surface area contributed by atoms with Crippen molar-refractivity contribution in [3.05, 3.63) is 28.2 Å². The molecule has 0 fully saturated rings. The van der Waals surface area contributed by atoms with Gasteiger partial charge >= 0.3 is 0 Å². The molecule has 0 saturated heterocycles. The molecule has 0 radical (unpaired) electrons. The van der Waals surface area contributed by atoms with Crippen molar-refractivity contribution in [2.75, 3.05) is 11.9 Å². The van der Waals surface area contributed by atoms with Crippen molar-refractivity contribution in [1.82, 2.24) is 5.32 Å². The molecular weight excluding hydrogens is 323 g/mol. The first-order valence-corrected chi connectivity index (χ1v) is 7.95. The van der Waals surface area contributed by atoms with E-state index in [0.29, 0.717) is 28.2 Å². The Morgan fingerprint density at radius 2 is 1.82 bits per heavy atom. The molecule has 1 aromatic rings. The van der Waals surface area contributed by atoms with Crippen molar-refractivity contribution in [3.8, 4) is 0 Å². The summed E-state index contributed by atoms with van der Waals surface area (Å²) in [5.41, 5.74) is -0.815. The van der Waals surface area contributed by atoms with E-state index in [1.807, 2.05) is 0 Å². The molecule has 1 rings (SSSR count). The third-order valence-corrected chi connectivity index (χ3v) is 3.88. The number of rotatable bonds is 6. The summed E-state index contributed by atoms with van der Waals surface area (Å²) in [6.07, 6.45) is 0.865. The molecule has 0 heterocycles. The molecule has 0 aliphatic rings. The van der Waals surface area contributed by atoms with Gasteiger partial charge in [0.25, 0.3) is 0 Å². The zero-order valence-corrected chi connectivity index (χ0v) is 14.8. The monoisotopic (exact) mass is 344 g/mol. The first kappa shape index (κ1) is 18.8. The van der Waals surface area contributed by atoms with E-state index in [4.69, 9.17) is 23.2 Å². The first-order chi connectivity index (χ1) is 10.1. The lowest BCUT2D eigenvalue weighted by Crippen LogP contribution is -2.45. The van der Waals surface area contributed by atoms with Gasteiger partial charge in [-0.1, -0.05) is 37.0 Å². The highest BCUT2D eigenvalue weighted by Crippen LogP contribution is 2.27. The zero-order valence-electron chi connectivity index (χ0n) is 13.3. The third kappa shape index (κ3) is 5.18. The van der Waals surface area contributed by atoms with Crippen LogP contribution in [0.25, 0.3) is 0 Å². The Bertz CT molecular complexity index is 557. The molecule has 0 saturated carbocycles. The molecular formula is C16H22Cl2N2O2. The van der Waals surface area contributed by atoms with Crippen LogP contribution in [0.2, 0.25) is 10.0 Å². The molecule has 2 N–H and O–H groups in total. The van der Waals surface area contributed by atoms with E-state index < -0.39 is 11.3 Å². The summed E-state index contributed by atoms with van der Waals surface area (Å²) in [7, 11) is 0. The minimum Gasteiger partial charge on any atom is -0.355 e. The predicted molar refractivity (Wildman–Crippen MR) is 91.3 cm³/mol. The Morgan fingerprint density at radius 3 is 2.41 bits per heavy atom. The van der Waals surface area contributed by atoms with Crippen LogP contribution in [0.3, 0.4) is 0 Å². The molecule has 0 spiro atoms. The van der Waals surface area contributed by atoms with Crippen molar-refractivity contribution >= 4 is 40.7 Å². The Labute approximate surface area is 141 Å². The maximum absolute atomic E-state index is 12.4. The van der Waals surface area contributed by atoms with Crippen molar-refractivity contribution in [1.29, 1.82) is 0 Å². The van der Waals surface area contributed by atoms with Gasteiger partial charge in [-0.15, -0.1) is 0 Å². The van der Waals surface area contributed by atoms with Crippen LogP contribution in [0, 0.1) is 11.3 Å². The number of carbonyl (C=O) groups excluding carboxylic acids is 2. The number of hydrogen-bond donors (Lipinski definition) is 2. The van der Waals surface area contributed by atoms with Crippen molar-refractivity contribution in [3.63, 3.8) is 0 Å². The minimum atomic E-state index is -1.21. The number of halogens is 2. The molecule has 1 aromatic carbocycles. The fourth-order valence-electron chi connectivity index (χ4n) is 1.67. The van der Waals surface area contributed by atoms with E-state index in [9.17, 15) is 9.59 Å². The Kier molecular flexibility index (Phi) is 6.69. The maximum Gasteiger partial charge on any atom is 0.239 e. The zero-order chi connectivity index (χ0) is 16.9.